The number of nitrogen functional groups attached to an aromatic ring is 1. The number of fused-ring (bicyclic) bond motifs is 1. The Morgan fingerprint density at radius 2 is 2.14 bits per heavy atom. The lowest BCUT2D eigenvalue weighted by atomic mass is 10.00. The first-order chi connectivity index (χ1) is 10.1. The summed E-state index contributed by atoms with van der Waals surface area (Å²) in [5, 5.41) is 4.00. The van der Waals surface area contributed by atoms with Crippen LogP contribution in [0.15, 0.2) is 12.1 Å². The van der Waals surface area contributed by atoms with E-state index in [1.807, 2.05) is 19.1 Å². The van der Waals surface area contributed by atoms with Crippen molar-refractivity contribution in [3.05, 3.63) is 22.7 Å². The van der Waals surface area contributed by atoms with Gasteiger partial charge in [0.15, 0.2) is 0 Å². The molecule has 2 aromatic rings. The summed E-state index contributed by atoms with van der Waals surface area (Å²) >= 11 is 1.38. The minimum atomic E-state index is -0.0625. The Hall–Kier alpha value is -1.62. The fraction of sp³-hybridized carbons (Fsp3) is 0.500. The van der Waals surface area contributed by atoms with E-state index in [-0.39, 0.29) is 11.9 Å². The van der Waals surface area contributed by atoms with Crippen LogP contribution >= 0.6 is 11.3 Å². The second-order valence-corrected chi connectivity index (χ2v) is 6.96. The van der Waals surface area contributed by atoms with Gasteiger partial charge in [-0.15, -0.1) is 11.3 Å². The highest BCUT2D eigenvalue weighted by Gasteiger charge is 2.25. The van der Waals surface area contributed by atoms with Crippen molar-refractivity contribution in [1.82, 2.24) is 10.3 Å². The summed E-state index contributed by atoms with van der Waals surface area (Å²) in [7, 11) is 0. The Balaban J connectivity index is 1.82. The van der Waals surface area contributed by atoms with Crippen molar-refractivity contribution in [1.29, 1.82) is 0 Å². The number of amides is 1. The predicted molar refractivity (Wildman–Crippen MR) is 87.7 cm³/mol. The molecule has 0 saturated heterocycles. The molecule has 3 rings (SSSR count). The zero-order valence-electron chi connectivity index (χ0n) is 12.5. The molecule has 21 heavy (non-hydrogen) atoms. The average molecular weight is 303 g/mol. The van der Waals surface area contributed by atoms with Gasteiger partial charge in [0.1, 0.15) is 9.71 Å². The number of nitrogens with zero attached hydrogens (tertiary/aromatic N) is 1. The average Bonchev–Trinajstić information content (AvgIpc) is 3.07. The van der Waals surface area contributed by atoms with Crippen LogP contribution in [0.25, 0.3) is 10.2 Å². The number of nitrogens with two attached hydrogens (primary N) is 1. The molecule has 0 aliphatic heterocycles. The summed E-state index contributed by atoms with van der Waals surface area (Å²) in [5.41, 5.74) is 7.62. The van der Waals surface area contributed by atoms with Crippen molar-refractivity contribution in [3.63, 3.8) is 0 Å². The molecule has 1 saturated carbocycles. The molecule has 1 unspecified atom stereocenters. The van der Waals surface area contributed by atoms with Gasteiger partial charge in [0, 0.05) is 17.1 Å². The number of thiophene rings is 1. The van der Waals surface area contributed by atoms with Gasteiger partial charge in [-0.3, -0.25) is 4.79 Å². The first-order valence-corrected chi connectivity index (χ1v) is 8.34. The molecule has 1 aliphatic carbocycles. The normalized spacial score (nSPS) is 17.2. The van der Waals surface area contributed by atoms with Crippen LogP contribution < -0.4 is 11.1 Å². The molecule has 0 spiro atoms. The van der Waals surface area contributed by atoms with E-state index in [0.29, 0.717) is 16.5 Å². The number of rotatable bonds is 3. The molecule has 1 fully saturated rings. The second-order valence-electron chi connectivity index (χ2n) is 5.96. The summed E-state index contributed by atoms with van der Waals surface area (Å²) < 4.78 is 0. The van der Waals surface area contributed by atoms with Crippen LogP contribution in [0.5, 0.6) is 0 Å². The largest absolute Gasteiger partial charge is 0.397 e. The zero-order valence-corrected chi connectivity index (χ0v) is 13.3. The van der Waals surface area contributed by atoms with Crippen LogP contribution in [0.3, 0.4) is 0 Å². The molecule has 5 heteroatoms. The zero-order chi connectivity index (χ0) is 15.0. The number of hydrogen-bond acceptors (Lipinski definition) is 4. The van der Waals surface area contributed by atoms with Gasteiger partial charge in [-0.2, -0.15) is 0 Å². The lowest BCUT2D eigenvalue weighted by molar-refractivity contribution is 0.0932. The smallest absolute Gasteiger partial charge is 0.263 e. The molecule has 1 aliphatic rings. The third kappa shape index (κ3) is 2.75. The Labute approximate surface area is 128 Å². The maximum absolute atomic E-state index is 12.5. The topological polar surface area (TPSA) is 68.0 Å². The minimum Gasteiger partial charge on any atom is -0.397 e. The number of nitrogens with one attached hydrogen (secondary N) is 1. The molecule has 4 nitrogen and oxygen atoms in total. The van der Waals surface area contributed by atoms with Gasteiger partial charge in [0.05, 0.1) is 5.69 Å². The van der Waals surface area contributed by atoms with Crippen molar-refractivity contribution in [2.45, 2.75) is 45.6 Å². The third-order valence-corrected chi connectivity index (χ3v) is 5.52. The maximum atomic E-state index is 12.5. The van der Waals surface area contributed by atoms with E-state index in [1.165, 1.54) is 37.0 Å². The summed E-state index contributed by atoms with van der Waals surface area (Å²) in [5.74, 6) is 0.539. The van der Waals surface area contributed by atoms with E-state index < -0.39 is 0 Å². The highest BCUT2D eigenvalue weighted by Crippen LogP contribution is 2.33. The number of carbonyl (C=O) groups is 1. The number of aromatic nitrogens is 1. The SMILES string of the molecule is Cc1ccc2c(N)c(C(=O)NC(C)C3CCCC3)sc2n1. The van der Waals surface area contributed by atoms with Crippen molar-refractivity contribution in [2.75, 3.05) is 5.73 Å². The molecule has 0 radical (unpaired) electrons. The van der Waals surface area contributed by atoms with Crippen LogP contribution in [0.1, 0.15) is 48.0 Å². The molecule has 1 amide bonds. The molecule has 112 valence electrons. The van der Waals surface area contributed by atoms with Crippen LogP contribution in [0.4, 0.5) is 5.69 Å². The molecule has 0 bridgehead atoms. The number of pyridine rings is 1. The molecular weight excluding hydrogens is 282 g/mol. The Morgan fingerprint density at radius 1 is 1.43 bits per heavy atom. The number of carbonyl (C=O) groups excluding carboxylic acids is 1. The Morgan fingerprint density at radius 3 is 2.86 bits per heavy atom. The second kappa shape index (κ2) is 5.64. The quantitative estimate of drug-likeness (QED) is 0.912. The van der Waals surface area contributed by atoms with Gasteiger partial charge >= 0.3 is 0 Å². The number of hydrogen-bond donors (Lipinski definition) is 2. The first-order valence-electron chi connectivity index (χ1n) is 7.52. The van der Waals surface area contributed by atoms with Crippen LogP contribution in [-0.2, 0) is 0 Å². The van der Waals surface area contributed by atoms with Crippen molar-refractivity contribution in [3.8, 4) is 0 Å². The lowest BCUT2D eigenvalue weighted by Gasteiger charge is -2.20. The summed E-state index contributed by atoms with van der Waals surface area (Å²) in [6.45, 7) is 4.04. The van der Waals surface area contributed by atoms with Crippen LogP contribution in [-0.4, -0.2) is 16.9 Å². The predicted octanol–water partition coefficient (Wildman–Crippen LogP) is 3.50. The molecule has 3 N–H and O–H groups in total. The van der Waals surface area contributed by atoms with E-state index in [2.05, 4.69) is 17.2 Å². The highest BCUT2D eigenvalue weighted by atomic mass is 32.1. The standard InChI is InChI=1S/C16H21N3OS/c1-9-7-8-12-13(17)14(21-16(12)18-9)15(20)19-10(2)11-5-3-4-6-11/h7-8,10-11H,3-6,17H2,1-2H3,(H,19,20). The molecule has 2 heterocycles. The first kappa shape index (κ1) is 14.3. The van der Waals surface area contributed by atoms with Crippen molar-refractivity contribution >= 4 is 33.1 Å². The summed E-state index contributed by atoms with van der Waals surface area (Å²) in [4.78, 5) is 18.4. The fourth-order valence-electron chi connectivity index (χ4n) is 3.11. The Kier molecular flexibility index (Phi) is 3.85. The van der Waals surface area contributed by atoms with Crippen LogP contribution in [0.2, 0.25) is 0 Å². The van der Waals surface area contributed by atoms with Crippen LogP contribution in [0, 0.1) is 12.8 Å². The number of anilines is 1. The lowest BCUT2D eigenvalue weighted by Crippen LogP contribution is -2.37. The van der Waals surface area contributed by atoms with Gasteiger partial charge in [-0.05, 0) is 44.7 Å². The van der Waals surface area contributed by atoms with E-state index >= 15 is 0 Å². The summed E-state index contributed by atoms with van der Waals surface area (Å²) in [6.07, 6.45) is 4.98. The van der Waals surface area contributed by atoms with Crippen molar-refractivity contribution in [2.24, 2.45) is 5.92 Å². The van der Waals surface area contributed by atoms with E-state index in [0.717, 1.165) is 15.9 Å². The highest BCUT2D eigenvalue weighted by molar-refractivity contribution is 7.21. The third-order valence-electron chi connectivity index (χ3n) is 4.40. The fourth-order valence-corrected chi connectivity index (χ4v) is 4.15. The number of aryl methyl sites for hydroxylation is 1. The van der Waals surface area contributed by atoms with Gasteiger partial charge in [0.25, 0.3) is 5.91 Å². The molecule has 0 aromatic carbocycles. The van der Waals surface area contributed by atoms with Gasteiger partial charge < -0.3 is 11.1 Å². The van der Waals surface area contributed by atoms with E-state index in [4.69, 9.17) is 5.73 Å². The maximum Gasteiger partial charge on any atom is 0.263 e. The summed E-state index contributed by atoms with van der Waals surface area (Å²) in [6, 6.07) is 4.08. The van der Waals surface area contributed by atoms with E-state index in [9.17, 15) is 4.79 Å². The monoisotopic (exact) mass is 303 g/mol. The molecule has 1 atom stereocenters. The van der Waals surface area contributed by atoms with Gasteiger partial charge in [0.2, 0.25) is 0 Å². The van der Waals surface area contributed by atoms with Gasteiger partial charge in [-0.25, -0.2) is 4.98 Å². The van der Waals surface area contributed by atoms with Gasteiger partial charge in [-0.1, -0.05) is 12.8 Å². The Bertz CT molecular complexity index is 673. The molecule has 2 aromatic heterocycles. The van der Waals surface area contributed by atoms with E-state index in [1.54, 1.807) is 0 Å². The molecular formula is C16H21N3OS. The van der Waals surface area contributed by atoms with Crippen molar-refractivity contribution < 1.29 is 4.79 Å². The minimum absolute atomic E-state index is 0.0625.